The molecular formula is C12H13NO4S. The van der Waals surface area contributed by atoms with Crippen molar-refractivity contribution in [3.63, 3.8) is 0 Å². The van der Waals surface area contributed by atoms with Crippen LogP contribution >= 0.6 is 0 Å². The van der Waals surface area contributed by atoms with Gasteiger partial charge in [0.25, 0.3) is 10.1 Å². The second kappa shape index (κ2) is 4.47. The SMILES string of the molecule is CCOS(=O)(=O)c1cc(O)c2cc(N)ccc2c1. The van der Waals surface area contributed by atoms with Crippen molar-refractivity contribution in [2.24, 2.45) is 0 Å². The van der Waals surface area contributed by atoms with Gasteiger partial charge < -0.3 is 10.8 Å². The molecule has 0 atom stereocenters. The standard InChI is InChI=1S/C12H13NO4S/c1-2-17-18(15,16)10-5-8-3-4-9(13)6-11(8)12(14)7-10/h3-7,14H,2,13H2,1H3. The summed E-state index contributed by atoms with van der Waals surface area (Å²) in [7, 11) is -3.83. The predicted molar refractivity (Wildman–Crippen MR) is 68.8 cm³/mol. The number of hydrogen-bond acceptors (Lipinski definition) is 5. The highest BCUT2D eigenvalue weighted by atomic mass is 32.2. The molecule has 0 heterocycles. The van der Waals surface area contributed by atoms with Gasteiger partial charge in [0.1, 0.15) is 5.75 Å². The Hall–Kier alpha value is -1.79. The lowest BCUT2D eigenvalue weighted by Gasteiger charge is -2.07. The molecule has 0 amide bonds. The maximum absolute atomic E-state index is 11.7. The van der Waals surface area contributed by atoms with Crippen molar-refractivity contribution in [3.8, 4) is 5.75 Å². The van der Waals surface area contributed by atoms with Gasteiger partial charge in [0.05, 0.1) is 11.5 Å². The fourth-order valence-electron chi connectivity index (χ4n) is 1.70. The van der Waals surface area contributed by atoms with E-state index in [0.717, 1.165) is 6.07 Å². The summed E-state index contributed by atoms with van der Waals surface area (Å²) in [6, 6.07) is 7.47. The van der Waals surface area contributed by atoms with Gasteiger partial charge in [0, 0.05) is 17.1 Å². The summed E-state index contributed by atoms with van der Waals surface area (Å²) in [6.45, 7) is 1.63. The zero-order chi connectivity index (χ0) is 13.3. The molecule has 0 unspecified atom stereocenters. The van der Waals surface area contributed by atoms with Crippen molar-refractivity contribution in [2.75, 3.05) is 12.3 Å². The van der Waals surface area contributed by atoms with Crippen LogP contribution in [0.2, 0.25) is 0 Å². The third-order valence-electron chi connectivity index (χ3n) is 2.49. The average Bonchev–Trinajstić information content (AvgIpc) is 2.29. The number of phenolic OH excluding ortho intramolecular Hbond substituents is 1. The molecule has 6 heteroatoms. The summed E-state index contributed by atoms with van der Waals surface area (Å²) in [6.07, 6.45) is 0. The molecule has 2 aromatic rings. The molecule has 0 aliphatic carbocycles. The van der Waals surface area contributed by atoms with Crippen LogP contribution in [0.15, 0.2) is 35.2 Å². The van der Waals surface area contributed by atoms with Crippen LogP contribution in [-0.2, 0) is 14.3 Å². The van der Waals surface area contributed by atoms with Crippen LogP contribution in [0.1, 0.15) is 6.92 Å². The second-order valence-electron chi connectivity index (χ2n) is 3.78. The van der Waals surface area contributed by atoms with Crippen LogP contribution < -0.4 is 5.73 Å². The monoisotopic (exact) mass is 267 g/mol. The largest absolute Gasteiger partial charge is 0.507 e. The van der Waals surface area contributed by atoms with Gasteiger partial charge in [0.15, 0.2) is 0 Å². The Morgan fingerprint density at radius 2 is 2.00 bits per heavy atom. The molecule has 0 spiro atoms. The highest BCUT2D eigenvalue weighted by Gasteiger charge is 2.16. The van der Waals surface area contributed by atoms with E-state index in [1.165, 1.54) is 6.07 Å². The fraction of sp³-hybridized carbons (Fsp3) is 0.167. The zero-order valence-corrected chi connectivity index (χ0v) is 10.6. The maximum Gasteiger partial charge on any atom is 0.297 e. The summed E-state index contributed by atoms with van der Waals surface area (Å²) < 4.78 is 28.2. The number of anilines is 1. The van der Waals surface area contributed by atoms with Crippen LogP contribution in [-0.4, -0.2) is 20.1 Å². The quantitative estimate of drug-likeness (QED) is 0.654. The topological polar surface area (TPSA) is 89.6 Å². The number of nitrogens with two attached hydrogens (primary N) is 1. The van der Waals surface area contributed by atoms with E-state index in [2.05, 4.69) is 4.18 Å². The van der Waals surface area contributed by atoms with E-state index in [4.69, 9.17) is 5.73 Å². The first-order chi connectivity index (χ1) is 8.44. The van der Waals surface area contributed by atoms with Crippen molar-refractivity contribution in [1.82, 2.24) is 0 Å². The van der Waals surface area contributed by atoms with Gasteiger partial charge in [0.2, 0.25) is 0 Å². The van der Waals surface area contributed by atoms with Crippen LogP contribution in [0.25, 0.3) is 10.8 Å². The molecule has 0 aromatic heterocycles. The molecule has 0 bridgehead atoms. The number of hydrogen-bond donors (Lipinski definition) is 2. The Kier molecular flexibility index (Phi) is 3.14. The molecule has 0 radical (unpaired) electrons. The molecule has 0 fully saturated rings. The van der Waals surface area contributed by atoms with Crippen LogP contribution in [0.4, 0.5) is 5.69 Å². The molecule has 0 saturated heterocycles. The molecule has 3 N–H and O–H groups in total. The van der Waals surface area contributed by atoms with Crippen molar-refractivity contribution >= 4 is 26.6 Å². The minimum absolute atomic E-state index is 0.0445. The number of benzene rings is 2. The van der Waals surface area contributed by atoms with Crippen molar-refractivity contribution in [1.29, 1.82) is 0 Å². The summed E-state index contributed by atoms with van der Waals surface area (Å²) in [4.78, 5) is -0.0703. The van der Waals surface area contributed by atoms with Crippen molar-refractivity contribution in [3.05, 3.63) is 30.3 Å². The smallest absolute Gasteiger partial charge is 0.297 e. The average molecular weight is 267 g/mol. The molecule has 2 aromatic carbocycles. The highest BCUT2D eigenvalue weighted by Crippen LogP contribution is 2.30. The summed E-state index contributed by atoms with van der Waals surface area (Å²) >= 11 is 0. The molecule has 0 aliphatic heterocycles. The Morgan fingerprint density at radius 3 is 2.67 bits per heavy atom. The molecule has 0 aliphatic rings. The van der Waals surface area contributed by atoms with Crippen LogP contribution in [0.5, 0.6) is 5.75 Å². The number of phenols is 1. The van der Waals surface area contributed by atoms with E-state index in [1.54, 1.807) is 25.1 Å². The van der Waals surface area contributed by atoms with E-state index in [0.29, 0.717) is 16.5 Å². The Bertz CT molecular complexity index is 695. The van der Waals surface area contributed by atoms with E-state index in [1.807, 2.05) is 0 Å². The summed E-state index contributed by atoms with van der Waals surface area (Å²) in [5, 5.41) is 10.9. The van der Waals surface area contributed by atoms with E-state index >= 15 is 0 Å². The second-order valence-corrected chi connectivity index (χ2v) is 5.40. The van der Waals surface area contributed by atoms with Gasteiger partial charge >= 0.3 is 0 Å². The van der Waals surface area contributed by atoms with E-state index in [-0.39, 0.29) is 17.3 Å². The summed E-state index contributed by atoms with van der Waals surface area (Å²) in [5.74, 6) is -0.141. The summed E-state index contributed by atoms with van der Waals surface area (Å²) in [5.41, 5.74) is 6.11. The molecule has 0 saturated carbocycles. The number of nitrogen functional groups attached to an aromatic ring is 1. The van der Waals surface area contributed by atoms with Crippen molar-refractivity contribution < 1.29 is 17.7 Å². The normalized spacial score (nSPS) is 11.8. The van der Waals surface area contributed by atoms with Gasteiger partial charge in [-0.15, -0.1) is 0 Å². The molecule has 2 rings (SSSR count). The Morgan fingerprint density at radius 1 is 1.28 bits per heavy atom. The van der Waals surface area contributed by atoms with Crippen LogP contribution in [0, 0.1) is 0 Å². The zero-order valence-electron chi connectivity index (χ0n) is 9.75. The molecule has 18 heavy (non-hydrogen) atoms. The highest BCUT2D eigenvalue weighted by molar-refractivity contribution is 7.86. The van der Waals surface area contributed by atoms with E-state index in [9.17, 15) is 13.5 Å². The van der Waals surface area contributed by atoms with Gasteiger partial charge in [-0.1, -0.05) is 6.07 Å². The first kappa shape index (κ1) is 12.7. The lowest BCUT2D eigenvalue weighted by Crippen LogP contribution is -2.05. The third-order valence-corrected chi connectivity index (χ3v) is 3.85. The lowest BCUT2D eigenvalue weighted by molar-refractivity contribution is 0.338. The van der Waals surface area contributed by atoms with Gasteiger partial charge in [-0.2, -0.15) is 8.42 Å². The van der Waals surface area contributed by atoms with Crippen molar-refractivity contribution in [2.45, 2.75) is 11.8 Å². The predicted octanol–water partition coefficient (Wildman–Crippen LogP) is 1.85. The fourth-order valence-corrected chi connectivity index (χ4v) is 2.67. The minimum Gasteiger partial charge on any atom is -0.507 e. The molecular weight excluding hydrogens is 254 g/mol. The Balaban J connectivity index is 2.67. The van der Waals surface area contributed by atoms with Gasteiger partial charge in [-0.3, -0.25) is 4.18 Å². The van der Waals surface area contributed by atoms with Crippen LogP contribution in [0.3, 0.4) is 0 Å². The minimum atomic E-state index is -3.83. The number of fused-ring (bicyclic) bond motifs is 1. The third kappa shape index (κ3) is 2.25. The van der Waals surface area contributed by atoms with Gasteiger partial charge in [-0.05, 0) is 30.5 Å². The van der Waals surface area contributed by atoms with E-state index < -0.39 is 10.1 Å². The lowest BCUT2D eigenvalue weighted by atomic mass is 10.1. The first-order valence-corrected chi connectivity index (χ1v) is 6.76. The Labute approximate surface area is 105 Å². The van der Waals surface area contributed by atoms with Gasteiger partial charge in [-0.25, -0.2) is 0 Å². The number of aromatic hydroxyl groups is 1. The molecule has 96 valence electrons. The molecule has 5 nitrogen and oxygen atoms in total. The maximum atomic E-state index is 11.7. The first-order valence-electron chi connectivity index (χ1n) is 5.35. The number of rotatable bonds is 3.